The predicted octanol–water partition coefficient (Wildman–Crippen LogP) is 2.83. The number of nitrogens with zero attached hydrogens (tertiary/aromatic N) is 1. The van der Waals surface area contributed by atoms with Crippen LogP contribution in [0.25, 0.3) is 0 Å². The summed E-state index contributed by atoms with van der Waals surface area (Å²) in [5, 5.41) is 8.30. The van der Waals surface area contributed by atoms with E-state index in [0.29, 0.717) is 12.8 Å². The maximum Gasteiger partial charge on any atom is 0.328 e. The van der Waals surface area contributed by atoms with Crippen molar-refractivity contribution in [1.82, 2.24) is 20.9 Å². The molecule has 0 aromatic heterocycles. The second-order valence-corrected chi connectivity index (χ2v) is 11.0. The Kier molecular flexibility index (Phi) is 14.7. The molecule has 0 radical (unpaired) electrons. The number of carbonyl (C=O) groups excluding carboxylic acids is 4. The van der Waals surface area contributed by atoms with Crippen LogP contribution in [0.1, 0.15) is 59.9 Å². The molecule has 3 unspecified atom stereocenters. The van der Waals surface area contributed by atoms with Gasteiger partial charge < -0.3 is 25.6 Å². The van der Waals surface area contributed by atoms with Crippen LogP contribution in [-0.4, -0.2) is 73.5 Å². The summed E-state index contributed by atoms with van der Waals surface area (Å²) in [6.45, 7) is 10.1. The van der Waals surface area contributed by atoms with Gasteiger partial charge in [-0.15, -0.1) is 0 Å². The first-order chi connectivity index (χ1) is 18.3. The predicted molar refractivity (Wildman–Crippen MR) is 149 cm³/mol. The van der Waals surface area contributed by atoms with Gasteiger partial charge in [-0.3, -0.25) is 18.8 Å². The summed E-state index contributed by atoms with van der Waals surface area (Å²) in [5.41, 5.74) is 0.816. The van der Waals surface area contributed by atoms with Gasteiger partial charge in [0, 0.05) is 13.0 Å². The van der Waals surface area contributed by atoms with E-state index in [0.717, 1.165) is 5.56 Å². The Balaban J connectivity index is 3.01. The molecule has 0 fully saturated rings. The molecule has 0 saturated carbocycles. The number of hydrogen-bond donors (Lipinski definition) is 3. The lowest BCUT2D eigenvalue weighted by Crippen LogP contribution is -2.59. The van der Waals surface area contributed by atoms with Gasteiger partial charge in [0.1, 0.15) is 24.7 Å². The van der Waals surface area contributed by atoms with Gasteiger partial charge in [0.15, 0.2) is 0 Å². The lowest BCUT2D eigenvalue weighted by atomic mass is 9.97. The first kappa shape index (κ1) is 34.0. The second kappa shape index (κ2) is 16.8. The number of nitrogens with one attached hydrogen (secondary N) is 3. The third-order valence-electron chi connectivity index (χ3n) is 6.50. The zero-order chi connectivity index (χ0) is 29.7. The van der Waals surface area contributed by atoms with Crippen LogP contribution in [-0.2, 0) is 30.5 Å². The number of halogens is 1. The molecule has 0 saturated heterocycles. The van der Waals surface area contributed by atoms with Crippen LogP contribution >= 0.6 is 0 Å². The Labute approximate surface area is 232 Å². The fourth-order valence-corrected chi connectivity index (χ4v) is 4.10. The molecular weight excluding hydrogens is 503 g/mol. The van der Waals surface area contributed by atoms with Crippen LogP contribution in [0.3, 0.4) is 0 Å². The Morgan fingerprint density at radius 1 is 0.897 bits per heavy atom. The molecule has 3 amide bonds. The standard InChI is InChI=1S/C29H47FN4O5/c1-18(2)14-23(31-7)26(35)33-25(20(5)16-30)28(37)34(8)24(15-19(3)4)27(36)32-21(6)29(38)39-17-22-12-10-9-11-13-22/h9-13,18-21,23-25,31H,14-17H2,1-8H3,(H,32,36)(H,33,35)/t20?,21?,23-,24-,25?/m0/s1. The molecule has 5 atom stereocenters. The smallest absolute Gasteiger partial charge is 0.328 e. The van der Waals surface area contributed by atoms with Crippen molar-refractivity contribution in [1.29, 1.82) is 0 Å². The van der Waals surface area contributed by atoms with E-state index in [1.807, 2.05) is 58.0 Å². The first-order valence-electron chi connectivity index (χ1n) is 13.6. The fourth-order valence-electron chi connectivity index (χ4n) is 4.10. The van der Waals surface area contributed by atoms with E-state index >= 15 is 0 Å². The second-order valence-electron chi connectivity index (χ2n) is 11.0. The molecule has 3 N–H and O–H groups in total. The number of esters is 1. The lowest BCUT2D eigenvalue weighted by molar-refractivity contribution is -0.150. The molecule has 1 rings (SSSR count). The number of alkyl halides is 1. The minimum absolute atomic E-state index is 0.0303. The van der Waals surface area contributed by atoms with Gasteiger partial charge in [-0.1, -0.05) is 65.0 Å². The molecular formula is C29H47FN4O5. The summed E-state index contributed by atoms with van der Waals surface area (Å²) >= 11 is 0. The molecule has 1 aromatic rings. The molecule has 10 heteroatoms. The zero-order valence-corrected chi connectivity index (χ0v) is 24.6. The topological polar surface area (TPSA) is 117 Å². The number of benzene rings is 1. The first-order valence-corrected chi connectivity index (χ1v) is 13.6. The van der Waals surface area contributed by atoms with Crippen LogP contribution in [0.2, 0.25) is 0 Å². The highest BCUT2D eigenvalue weighted by Gasteiger charge is 2.37. The van der Waals surface area contributed by atoms with E-state index in [9.17, 15) is 23.6 Å². The molecule has 0 heterocycles. The van der Waals surface area contributed by atoms with Crippen LogP contribution in [0.15, 0.2) is 30.3 Å². The van der Waals surface area contributed by atoms with Crippen molar-refractivity contribution >= 4 is 23.7 Å². The van der Waals surface area contributed by atoms with Crippen molar-refractivity contribution < 1.29 is 28.3 Å². The van der Waals surface area contributed by atoms with E-state index in [-0.39, 0.29) is 18.4 Å². The average molecular weight is 551 g/mol. The van der Waals surface area contributed by atoms with Crippen molar-refractivity contribution in [2.45, 2.75) is 85.2 Å². The summed E-state index contributed by atoms with van der Waals surface area (Å²) in [6.07, 6.45) is 0.844. The van der Waals surface area contributed by atoms with Crippen LogP contribution < -0.4 is 16.0 Å². The highest BCUT2D eigenvalue weighted by molar-refractivity contribution is 5.94. The summed E-state index contributed by atoms with van der Waals surface area (Å²) < 4.78 is 19.1. The van der Waals surface area contributed by atoms with Gasteiger partial charge in [-0.05, 0) is 44.2 Å². The Morgan fingerprint density at radius 2 is 1.49 bits per heavy atom. The average Bonchev–Trinajstić information content (AvgIpc) is 2.90. The molecule has 220 valence electrons. The van der Waals surface area contributed by atoms with Crippen LogP contribution in [0.5, 0.6) is 0 Å². The normalized spacial score (nSPS) is 15.2. The minimum atomic E-state index is -1.16. The highest BCUT2D eigenvalue weighted by atomic mass is 19.1. The third-order valence-corrected chi connectivity index (χ3v) is 6.50. The Bertz CT molecular complexity index is 928. The Morgan fingerprint density at radius 3 is 2.00 bits per heavy atom. The van der Waals surface area contributed by atoms with Gasteiger partial charge in [-0.2, -0.15) is 0 Å². The van der Waals surface area contributed by atoms with E-state index in [4.69, 9.17) is 4.74 Å². The molecule has 0 aliphatic rings. The van der Waals surface area contributed by atoms with Crippen LogP contribution in [0, 0.1) is 17.8 Å². The molecule has 9 nitrogen and oxygen atoms in total. The summed E-state index contributed by atoms with van der Waals surface area (Å²) in [4.78, 5) is 53.6. The molecule has 0 spiro atoms. The number of likely N-dealkylation sites (N-methyl/N-ethyl adjacent to an activating group) is 2. The number of rotatable bonds is 16. The van der Waals surface area contributed by atoms with Crippen molar-refractivity contribution in [3.05, 3.63) is 35.9 Å². The SMILES string of the molecule is CN[C@@H](CC(C)C)C(=O)NC(C(=O)N(C)[C@@H](CC(C)C)C(=O)NC(C)C(=O)OCc1ccccc1)C(C)CF. The maximum absolute atomic E-state index is 13.8. The van der Waals surface area contributed by atoms with Crippen LogP contribution in [0.4, 0.5) is 4.39 Å². The lowest BCUT2D eigenvalue weighted by Gasteiger charge is -2.34. The number of amides is 3. The van der Waals surface area contributed by atoms with E-state index in [1.54, 1.807) is 7.05 Å². The van der Waals surface area contributed by atoms with Crippen molar-refractivity contribution in [3.8, 4) is 0 Å². The minimum Gasteiger partial charge on any atom is -0.459 e. The number of carbonyl (C=O) groups is 4. The van der Waals surface area contributed by atoms with Gasteiger partial charge in [0.25, 0.3) is 0 Å². The maximum atomic E-state index is 13.8. The van der Waals surface area contributed by atoms with Crippen molar-refractivity contribution in [2.75, 3.05) is 20.8 Å². The van der Waals surface area contributed by atoms with Crippen molar-refractivity contribution in [2.24, 2.45) is 17.8 Å². The highest BCUT2D eigenvalue weighted by Crippen LogP contribution is 2.16. The fraction of sp³-hybridized carbons (Fsp3) is 0.655. The summed E-state index contributed by atoms with van der Waals surface area (Å²) in [5.74, 6) is -2.67. The van der Waals surface area contributed by atoms with Gasteiger partial charge in [-0.25, -0.2) is 4.79 Å². The summed E-state index contributed by atoms with van der Waals surface area (Å²) in [7, 11) is 3.12. The monoisotopic (exact) mass is 550 g/mol. The Hall–Kier alpha value is -3.01. The van der Waals surface area contributed by atoms with E-state index < -0.39 is 60.5 Å². The molecule has 0 bridgehead atoms. The zero-order valence-electron chi connectivity index (χ0n) is 24.6. The van der Waals surface area contributed by atoms with Gasteiger partial charge >= 0.3 is 5.97 Å². The van der Waals surface area contributed by atoms with E-state index in [1.165, 1.54) is 25.8 Å². The van der Waals surface area contributed by atoms with Gasteiger partial charge in [0.05, 0.1) is 12.7 Å². The van der Waals surface area contributed by atoms with Gasteiger partial charge in [0.2, 0.25) is 17.7 Å². The van der Waals surface area contributed by atoms with E-state index in [2.05, 4.69) is 16.0 Å². The van der Waals surface area contributed by atoms with Crippen molar-refractivity contribution in [3.63, 3.8) is 0 Å². The molecule has 39 heavy (non-hydrogen) atoms. The molecule has 0 aliphatic carbocycles. The third kappa shape index (κ3) is 11.3. The summed E-state index contributed by atoms with van der Waals surface area (Å²) in [6, 6.07) is 5.57. The largest absolute Gasteiger partial charge is 0.459 e. The number of hydrogen-bond acceptors (Lipinski definition) is 6. The molecule has 0 aliphatic heterocycles. The quantitative estimate of drug-likeness (QED) is 0.273. The molecule has 1 aromatic carbocycles. The number of ether oxygens (including phenoxy) is 1.